The van der Waals surface area contributed by atoms with E-state index >= 15 is 0 Å². The van der Waals surface area contributed by atoms with E-state index in [1.165, 1.54) is 14.2 Å². The molecule has 0 aliphatic carbocycles. The quantitative estimate of drug-likeness (QED) is 0.346. The van der Waals surface area contributed by atoms with Crippen molar-refractivity contribution in [1.29, 1.82) is 0 Å². The van der Waals surface area contributed by atoms with Gasteiger partial charge in [0.25, 0.3) is 0 Å². The molecule has 0 spiro atoms. The number of fused-ring (bicyclic) bond motifs is 2. The summed E-state index contributed by atoms with van der Waals surface area (Å²) in [6.45, 7) is 2.94. The first kappa shape index (κ1) is 27.0. The third kappa shape index (κ3) is 4.78. The SMILES string of the molecule is COC(=O)N1CCC[C@@H]1c1nc2ccc(CN3CCN(c4ccc5nc([C@H]6CCCN6C(=O)OC)[nH]c5c4)C3=O)cc2[nH]1. The number of imidazole rings is 2. The third-order valence-electron chi connectivity index (χ3n) is 8.78. The number of benzene rings is 2. The highest BCUT2D eigenvalue weighted by molar-refractivity contribution is 5.96. The summed E-state index contributed by atoms with van der Waals surface area (Å²) in [5, 5.41) is 0. The number of nitrogens with one attached hydrogen (secondary N) is 2. The molecule has 2 aromatic carbocycles. The second-order valence-electron chi connectivity index (χ2n) is 11.3. The average molecular weight is 587 g/mol. The number of aromatic amines is 2. The maximum Gasteiger partial charge on any atom is 0.410 e. The molecule has 3 aliphatic rings. The molecule has 13 nitrogen and oxygen atoms in total. The topological polar surface area (TPSA) is 140 Å². The lowest BCUT2D eigenvalue weighted by Crippen LogP contribution is -2.31. The Morgan fingerprint density at radius 2 is 1.40 bits per heavy atom. The van der Waals surface area contributed by atoms with Gasteiger partial charge in [-0.2, -0.15) is 0 Å². The number of carbonyl (C=O) groups excluding carboxylic acids is 3. The van der Waals surface area contributed by atoms with Gasteiger partial charge < -0.3 is 24.3 Å². The zero-order chi connectivity index (χ0) is 29.7. The van der Waals surface area contributed by atoms with Crippen molar-refractivity contribution in [2.75, 3.05) is 45.3 Å². The van der Waals surface area contributed by atoms with Gasteiger partial charge in [0.05, 0.1) is 48.4 Å². The van der Waals surface area contributed by atoms with E-state index in [-0.39, 0.29) is 30.3 Å². The number of methoxy groups -OCH3 is 2. The lowest BCUT2D eigenvalue weighted by Gasteiger charge is -2.21. The van der Waals surface area contributed by atoms with Crippen LogP contribution < -0.4 is 4.90 Å². The molecule has 7 rings (SSSR count). The summed E-state index contributed by atoms with van der Waals surface area (Å²) in [6.07, 6.45) is 2.75. The highest BCUT2D eigenvalue weighted by atomic mass is 16.5. The summed E-state index contributed by atoms with van der Waals surface area (Å²) in [7, 11) is 2.79. The fraction of sp³-hybridized carbons (Fsp3) is 0.433. The van der Waals surface area contributed by atoms with E-state index in [0.29, 0.717) is 32.7 Å². The number of aromatic nitrogens is 4. The number of urea groups is 1. The highest BCUT2D eigenvalue weighted by Crippen LogP contribution is 2.34. The number of nitrogens with zero attached hydrogens (tertiary/aromatic N) is 6. The normalized spacial score (nSPS) is 20.7. The molecule has 0 bridgehead atoms. The van der Waals surface area contributed by atoms with Crippen LogP contribution in [0.25, 0.3) is 22.1 Å². The van der Waals surface area contributed by atoms with Gasteiger partial charge in [-0.05, 0) is 61.6 Å². The number of rotatable bonds is 5. The Balaban J connectivity index is 1.05. The number of likely N-dealkylation sites (tertiary alicyclic amines) is 2. The standard InChI is InChI=1S/C30H34N8O5/c1-42-29(40)37-11-3-5-24(37)26-31-20-9-7-18(15-22(20)33-26)17-35-13-14-36(28(35)39)19-8-10-21-23(16-19)34-27(32-21)25-6-4-12-38(25)30(41)43-2/h7-10,15-16,24-25H,3-6,11-14,17H2,1-2H3,(H,31,33)(H,32,34)/t24-,25-/m1/s1. The summed E-state index contributed by atoms with van der Waals surface area (Å²) in [4.78, 5) is 61.1. The monoisotopic (exact) mass is 586 g/mol. The van der Waals surface area contributed by atoms with Crippen LogP contribution in [0.15, 0.2) is 36.4 Å². The number of anilines is 1. The molecule has 4 amide bonds. The molecule has 224 valence electrons. The molecule has 3 saturated heterocycles. The number of amides is 4. The van der Waals surface area contributed by atoms with Gasteiger partial charge >= 0.3 is 18.2 Å². The van der Waals surface area contributed by atoms with Gasteiger partial charge in [0.1, 0.15) is 11.6 Å². The smallest absolute Gasteiger partial charge is 0.410 e. The van der Waals surface area contributed by atoms with E-state index in [2.05, 4.69) is 9.97 Å². The zero-order valence-corrected chi connectivity index (χ0v) is 24.2. The van der Waals surface area contributed by atoms with Crippen molar-refractivity contribution in [3.8, 4) is 0 Å². The van der Waals surface area contributed by atoms with Crippen molar-refractivity contribution >= 4 is 46.0 Å². The predicted molar refractivity (Wildman–Crippen MR) is 158 cm³/mol. The van der Waals surface area contributed by atoms with Crippen molar-refractivity contribution in [3.05, 3.63) is 53.6 Å². The van der Waals surface area contributed by atoms with Crippen LogP contribution in [0.3, 0.4) is 0 Å². The van der Waals surface area contributed by atoms with Gasteiger partial charge in [-0.1, -0.05) is 6.07 Å². The maximum atomic E-state index is 13.5. The van der Waals surface area contributed by atoms with E-state index in [1.807, 2.05) is 41.3 Å². The number of ether oxygens (including phenoxy) is 2. The number of hydrogen-bond acceptors (Lipinski definition) is 7. The molecule has 5 heterocycles. The second-order valence-corrected chi connectivity index (χ2v) is 11.3. The lowest BCUT2D eigenvalue weighted by molar-refractivity contribution is 0.117. The van der Waals surface area contributed by atoms with Crippen LogP contribution in [0.2, 0.25) is 0 Å². The minimum absolute atomic E-state index is 0.0585. The van der Waals surface area contributed by atoms with E-state index in [9.17, 15) is 14.4 Å². The summed E-state index contributed by atoms with van der Waals surface area (Å²) in [6, 6.07) is 11.4. The molecular weight excluding hydrogens is 552 g/mol. The molecule has 2 N–H and O–H groups in total. The molecule has 43 heavy (non-hydrogen) atoms. The molecule has 3 aliphatic heterocycles. The molecular formula is C30H34N8O5. The molecule has 13 heteroatoms. The molecule has 2 atom stereocenters. The molecule has 0 unspecified atom stereocenters. The van der Waals surface area contributed by atoms with Crippen molar-refractivity contribution in [2.45, 2.75) is 44.3 Å². The van der Waals surface area contributed by atoms with E-state index in [1.54, 1.807) is 14.7 Å². The number of hydrogen-bond donors (Lipinski definition) is 2. The predicted octanol–water partition coefficient (Wildman–Crippen LogP) is 4.69. The highest BCUT2D eigenvalue weighted by Gasteiger charge is 2.35. The molecule has 2 aromatic heterocycles. The minimum Gasteiger partial charge on any atom is -0.453 e. The van der Waals surface area contributed by atoms with Gasteiger partial charge in [-0.15, -0.1) is 0 Å². The number of carbonyl (C=O) groups is 3. The van der Waals surface area contributed by atoms with Crippen LogP contribution in [0.1, 0.15) is 55.0 Å². The summed E-state index contributed by atoms with van der Waals surface area (Å²) in [5.41, 5.74) is 5.11. The Kier molecular flexibility index (Phi) is 6.79. The Labute approximate surface area is 247 Å². The Hall–Kier alpha value is -4.81. The average Bonchev–Trinajstić information content (AvgIpc) is 3.85. The van der Waals surface area contributed by atoms with E-state index in [4.69, 9.17) is 19.4 Å². The van der Waals surface area contributed by atoms with Crippen LogP contribution in [0.5, 0.6) is 0 Å². The fourth-order valence-corrected chi connectivity index (χ4v) is 6.64. The first-order valence-corrected chi connectivity index (χ1v) is 14.7. The third-order valence-corrected chi connectivity index (χ3v) is 8.78. The van der Waals surface area contributed by atoms with Crippen LogP contribution in [0.4, 0.5) is 20.1 Å². The number of H-pyrrole nitrogens is 2. The summed E-state index contributed by atoms with van der Waals surface area (Å²) < 4.78 is 9.89. The zero-order valence-electron chi connectivity index (χ0n) is 24.2. The Morgan fingerprint density at radius 1 is 0.814 bits per heavy atom. The minimum atomic E-state index is -0.349. The lowest BCUT2D eigenvalue weighted by atomic mass is 10.2. The molecule has 4 aromatic rings. The molecule has 0 saturated carbocycles. The van der Waals surface area contributed by atoms with Gasteiger partial charge in [0.15, 0.2) is 0 Å². The van der Waals surface area contributed by atoms with Gasteiger partial charge in [0.2, 0.25) is 0 Å². The van der Waals surface area contributed by atoms with Crippen molar-refractivity contribution in [2.24, 2.45) is 0 Å². The van der Waals surface area contributed by atoms with Crippen molar-refractivity contribution in [1.82, 2.24) is 34.6 Å². The fourth-order valence-electron chi connectivity index (χ4n) is 6.64. The Bertz CT molecular complexity index is 1720. The Morgan fingerprint density at radius 3 is 2.00 bits per heavy atom. The summed E-state index contributed by atoms with van der Waals surface area (Å²) >= 11 is 0. The summed E-state index contributed by atoms with van der Waals surface area (Å²) in [5.74, 6) is 1.48. The van der Waals surface area contributed by atoms with Crippen LogP contribution in [0, 0.1) is 0 Å². The van der Waals surface area contributed by atoms with Gasteiger partial charge in [-0.25, -0.2) is 24.4 Å². The first-order valence-electron chi connectivity index (χ1n) is 14.7. The maximum absolute atomic E-state index is 13.5. The second kappa shape index (κ2) is 10.8. The van der Waals surface area contributed by atoms with E-state index in [0.717, 1.165) is 70.6 Å². The van der Waals surface area contributed by atoms with Crippen molar-refractivity contribution in [3.63, 3.8) is 0 Å². The first-order chi connectivity index (χ1) is 20.9. The molecule has 0 radical (unpaired) electrons. The van der Waals surface area contributed by atoms with Gasteiger partial charge in [0, 0.05) is 38.4 Å². The van der Waals surface area contributed by atoms with Gasteiger partial charge in [-0.3, -0.25) is 14.7 Å². The molecule has 3 fully saturated rings. The van der Waals surface area contributed by atoms with Crippen LogP contribution in [-0.4, -0.2) is 93.3 Å². The van der Waals surface area contributed by atoms with Crippen LogP contribution in [-0.2, 0) is 16.0 Å². The largest absolute Gasteiger partial charge is 0.453 e. The van der Waals surface area contributed by atoms with E-state index < -0.39 is 0 Å². The van der Waals surface area contributed by atoms with Crippen LogP contribution >= 0.6 is 0 Å². The van der Waals surface area contributed by atoms with Crippen molar-refractivity contribution < 1.29 is 23.9 Å².